The van der Waals surface area contributed by atoms with Gasteiger partial charge in [-0.25, -0.2) is 4.39 Å². The number of aryl methyl sites for hydroxylation is 1. The molecule has 1 heterocycles. The lowest BCUT2D eigenvalue weighted by molar-refractivity contribution is 0.161. The molecule has 0 aromatic heterocycles. The zero-order chi connectivity index (χ0) is 22.9. The molecular weight excluding hydrogens is 425 g/mol. The molecule has 3 atom stereocenters. The highest BCUT2D eigenvalue weighted by Crippen LogP contribution is 2.49. The van der Waals surface area contributed by atoms with Gasteiger partial charge in [-0.3, -0.25) is 0 Å². The second-order valence-electron chi connectivity index (χ2n) is 9.00. The van der Waals surface area contributed by atoms with Crippen molar-refractivity contribution in [3.8, 4) is 11.5 Å². The van der Waals surface area contributed by atoms with Gasteiger partial charge in [-0.1, -0.05) is 12.1 Å². The lowest BCUT2D eigenvalue weighted by Gasteiger charge is -2.45. The van der Waals surface area contributed by atoms with Gasteiger partial charge in [0, 0.05) is 23.2 Å². The Morgan fingerprint density at radius 1 is 1.12 bits per heavy atom. The smallest absolute Gasteiger partial charge is 0.171 e. The number of hydrogen-bond donors (Lipinski definition) is 2. The van der Waals surface area contributed by atoms with E-state index in [1.54, 1.807) is 20.3 Å². The minimum atomic E-state index is -0.272. The van der Waals surface area contributed by atoms with Crippen LogP contribution in [0.1, 0.15) is 36.8 Å². The number of nitrogens with zero attached hydrogens (tertiary/aromatic N) is 1. The molecule has 0 bridgehead atoms. The number of hydrogen-bond acceptors (Lipinski definition) is 4. The Morgan fingerprint density at radius 3 is 2.66 bits per heavy atom. The van der Waals surface area contributed by atoms with Crippen molar-refractivity contribution < 1.29 is 13.9 Å². The van der Waals surface area contributed by atoms with Crippen LogP contribution in [-0.4, -0.2) is 49.9 Å². The summed E-state index contributed by atoms with van der Waals surface area (Å²) < 4.78 is 24.7. The Labute approximate surface area is 195 Å². The molecule has 7 heteroatoms. The van der Waals surface area contributed by atoms with Crippen LogP contribution in [0.4, 0.5) is 10.1 Å². The number of rotatable bonds is 5. The molecule has 0 amide bonds. The lowest BCUT2D eigenvalue weighted by Crippen LogP contribution is -2.52. The molecule has 4 rings (SSSR count). The zero-order valence-electron chi connectivity index (χ0n) is 19.2. The molecule has 1 saturated carbocycles. The van der Waals surface area contributed by atoms with Gasteiger partial charge in [-0.15, -0.1) is 0 Å². The summed E-state index contributed by atoms with van der Waals surface area (Å²) in [6, 6.07) is 11.7. The Bertz CT molecular complexity index is 1000. The van der Waals surface area contributed by atoms with Crippen molar-refractivity contribution in [1.82, 2.24) is 10.2 Å². The van der Waals surface area contributed by atoms with E-state index in [2.05, 4.69) is 34.7 Å². The van der Waals surface area contributed by atoms with E-state index in [1.165, 1.54) is 17.7 Å². The van der Waals surface area contributed by atoms with Gasteiger partial charge in [0.15, 0.2) is 16.6 Å². The number of halogens is 1. The molecular formula is C25H32FN3O2S. The number of fused-ring (bicyclic) bond motifs is 1. The minimum absolute atomic E-state index is 0.0979. The molecule has 2 aromatic rings. The van der Waals surface area contributed by atoms with Crippen molar-refractivity contribution in [2.24, 2.45) is 0 Å². The summed E-state index contributed by atoms with van der Waals surface area (Å²) in [5, 5.41) is 7.20. The fourth-order valence-corrected chi connectivity index (χ4v) is 5.74. The number of thiocarbonyl (C=S) groups is 1. The van der Waals surface area contributed by atoms with Gasteiger partial charge < -0.3 is 25.0 Å². The third kappa shape index (κ3) is 4.28. The zero-order valence-corrected chi connectivity index (χ0v) is 20.0. The van der Waals surface area contributed by atoms with E-state index in [0.29, 0.717) is 16.8 Å². The number of anilines is 1. The molecule has 5 nitrogen and oxygen atoms in total. The summed E-state index contributed by atoms with van der Waals surface area (Å²) >= 11 is 5.56. The maximum Gasteiger partial charge on any atom is 0.171 e. The maximum absolute atomic E-state index is 13.6. The minimum Gasteiger partial charge on any atom is -0.493 e. The standard InChI is InChI=1S/C25H32FN3O2S/c1-16-5-7-18(26)14-20(16)28-24(32)27-19-9-10-25(11-12-29(2)23(25)15-19)17-6-8-21(30-3)22(13-17)31-4/h5-8,13-14,19,23H,9-12,15H2,1-4H3,(H2,27,28,32)/t19-,23+,25+/m1/s1. The first-order valence-corrected chi connectivity index (χ1v) is 11.5. The first-order valence-electron chi connectivity index (χ1n) is 11.1. The van der Waals surface area contributed by atoms with E-state index in [1.807, 2.05) is 13.0 Å². The second kappa shape index (κ2) is 9.24. The van der Waals surface area contributed by atoms with E-state index in [0.717, 1.165) is 49.3 Å². The molecule has 1 aliphatic carbocycles. The third-order valence-electron chi connectivity index (χ3n) is 7.27. The molecule has 2 fully saturated rings. The van der Waals surface area contributed by atoms with Crippen molar-refractivity contribution in [3.05, 3.63) is 53.3 Å². The van der Waals surface area contributed by atoms with Gasteiger partial charge in [0.2, 0.25) is 0 Å². The molecule has 0 radical (unpaired) electrons. The first-order chi connectivity index (χ1) is 15.4. The van der Waals surface area contributed by atoms with Crippen LogP contribution in [0.3, 0.4) is 0 Å². The molecule has 1 aliphatic heterocycles. The van der Waals surface area contributed by atoms with Gasteiger partial charge in [-0.05, 0) is 93.8 Å². The molecule has 1 saturated heterocycles. The molecule has 2 aliphatic rings. The molecule has 32 heavy (non-hydrogen) atoms. The fourth-order valence-electron chi connectivity index (χ4n) is 5.47. The fraction of sp³-hybridized carbons (Fsp3) is 0.480. The largest absolute Gasteiger partial charge is 0.493 e. The maximum atomic E-state index is 13.6. The number of likely N-dealkylation sites (N-methyl/N-ethyl adjacent to an activating group) is 1. The van der Waals surface area contributed by atoms with E-state index >= 15 is 0 Å². The predicted molar refractivity (Wildman–Crippen MR) is 130 cm³/mol. The normalized spacial score (nSPS) is 25.2. The average molecular weight is 458 g/mol. The Morgan fingerprint density at radius 2 is 1.91 bits per heavy atom. The summed E-state index contributed by atoms with van der Waals surface area (Å²) in [5.41, 5.74) is 3.08. The van der Waals surface area contributed by atoms with Crippen LogP contribution in [0.15, 0.2) is 36.4 Å². The van der Waals surface area contributed by atoms with Crippen LogP contribution in [0.25, 0.3) is 0 Å². The highest BCUT2D eigenvalue weighted by atomic mass is 32.1. The van der Waals surface area contributed by atoms with Crippen LogP contribution in [0.5, 0.6) is 11.5 Å². The van der Waals surface area contributed by atoms with Gasteiger partial charge in [0.1, 0.15) is 5.82 Å². The molecule has 0 spiro atoms. The molecule has 0 unspecified atom stereocenters. The summed E-state index contributed by atoms with van der Waals surface area (Å²) in [6.45, 7) is 3.01. The van der Waals surface area contributed by atoms with Gasteiger partial charge in [0.05, 0.1) is 14.2 Å². The van der Waals surface area contributed by atoms with E-state index in [9.17, 15) is 4.39 Å². The summed E-state index contributed by atoms with van der Waals surface area (Å²) in [5.74, 6) is 1.27. The monoisotopic (exact) mass is 457 g/mol. The first kappa shape index (κ1) is 22.8. The SMILES string of the molecule is COc1ccc([C@@]23CC[C@@H](NC(=S)Nc4cc(F)ccc4C)C[C@@H]2N(C)CC3)cc1OC. The second-order valence-corrected chi connectivity index (χ2v) is 9.41. The average Bonchev–Trinajstić information content (AvgIpc) is 3.13. The molecule has 2 N–H and O–H groups in total. The van der Waals surface area contributed by atoms with Crippen molar-refractivity contribution in [1.29, 1.82) is 0 Å². The summed E-state index contributed by atoms with van der Waals surface area (Å²) in [6.07, 6.45) is 4.20. The number of nitrogens with one attached hydrogen (secondary N) is 2. The number of likely N-dealkylation sites (tertiary alicyclic amines) is 1. The Hall–Kier alpha value is -2.38. The highest BCUT2D eigenvalue weighted by molar-refractivity contribution is 7.80. The predicted octanol–water partition coefficient (Wildman–Crippen LogP) is 4.63. The molecule has 2 aromatic carbocycles. The molecule has 172 valence electrons. The van der Waals surface area contributed by atoms with Gasteiger partial charge >= 0.3 is 0 Å². The van der Waals surface area contributed by atoms with Gasteiger partial charge in [0.25, 0.3) is 0 Å². The van der Waals surface area contributed by atoms with Crippen molar-refractivity contribution >= 4 is 23.0 Å². The van der Waals surface area contributed by atoms with Crippen LogP contribution in [0.2, 0.25) is 0 Å². The van der Waals surface area contributed by atoms with Crippen molar-refractivity contribution in [2.45, 2.75) is 50.1 Å². The van der Waals surface area contributed by atoms with Crippen LogP contribution >= 0.6 is 12.2 Å². The van der Waals surface area contributed by atoms with Crippen LogP contribution in [-0.2, 0) is 5.41 Å². The quantitative estimate of drug-likeness (QED) is 0.639. The van der Waals surface area contributed by atoms with Crippen molar-refractivity contribution in [3.63, 3.8) is 0 Å². The number of benzene rings is 2. The van der Waals surface area contributed by atoms with Crippen molar-refractivity contribution in [2.75, 3.05) is 33.1 Å². The van der Waals surface area contributed by atoms with E-state index < -0.39 is 0 Å². The van der Waals surface area contributed by atoms with Crippen LogP contribution < -0.4 is 20.1 Å². The number of methoxy groups -OCH3 is 2. The topological polar surface area (TPSA) is 45.8 Å². The van der Waals surface area contributed by atoms with Crippen LogP contribution in [0, 0.1) is 12.7 Å². The highest BCUT2D eigenvalue weighted by Gasteiger charge is 2.50. The lowest BCUT2D eigenvalue weighted by atomic mass is 9.65. The number of ether oxygens (including phenoxy) is 2. The van der Waals surface area contributed by atoms with E-state index in [4.69, 9.17) is 21.7 Å². The van der Waals surface area contributed by atoms with E-state index in [-0.39, 0.29) is 17.3 Å². The Kier molecular flexibility index (Phi) is 6.58. The Balaban J connectivity index is 1.49. The van der Waals surface area contributed by atoms with Gasteiger partial charge in [-0.2, -0.15) is 0 Å². The summed E-state index contributed by atoms with van der Waals surface area (Å²) in [4.78, 5) is 2.47. The summed E-state index contributed by atoms with van der Waals surface area (Å²) in [7, 11) is 5.57. The third-order valence-corrected chi connectivity index (χ3v) is 7.49.